The number of hydrogen-bond acceptors (Lipinski definition) is 26. The van der Waals surface area contributed by atoms with Gasteiger partial charge in [0, 0.05) is 84.8 Å². The van der Waals surface area contributed by atoms with E-state index in [1.807, 2.05) is 38.9 Å². The van der Waals surface area contributed by atoms with E-state index < -0.39 is 156 Å². The number of nitrogens with one attached hydrogen (secondary N) is 9. The first-order valence-electron chi connectivity index (χ1n) is 44.8. The summed E-state index contributed by atoms with van der Waals surface area (Å²) in [6.45, 7) is 27.5. The topological polar surface area (TPSA) is 483 Å². The SMILES string of the molecule is C=CCOC(=O)N[C@@H](CCC(=O)NCCOCCOCCOCCOCCOCCOCCOCCOC)C(=O)N[C@H](C(=O)N[C@@H](CCCNC(N)=O)C(=O)Nc1ccc(COC(=O)N(C)[C@H](C(=O)N[C@H](C(=O)N(C)[C@@H]([C@@H](C)CC)[C@@H](CC(=O)N2CCC[C@H]2[C@H](OC)[C@@H](C)C(=O)N[C@H](C)[C@@H](O)c2ccccc2)OC)C(C)C)C(C)C)c(C(=O)NCCCN(C)C)c1)C(C)C. The molecule has 2 aromatic rings. The molecule has 1 fully saturated rings. The average Bonchev–Trinajstić information content (AvgIpc) is 1.16. The molecule has 129 heavy (non-hydrogen) atoms. The first kappa shape index (κ1) is 114. The summed E-state index contributed by atoms with van der Waals surface area (Å²) in [4.78, 5) is 174. The van der Waals surface area contributed by atoms with E-state index in [0.717, 1.165) is 4.90 Å². The van der Waals surface area contributed by atoms with Gasteiger partial charge in [-0.05, 0) is 107 Å². The van der Waals surface area contributed by atoms with Crippen LogP contribution in [0.2, 0.25) is 0 Å². The maximum atomic E-state index is 15.1. The van der Waals surface area contributed by atoms with Gasteiger partial charge in [0.1, 0.15) is 43.4 Å². The molecule has 0 radical (unpaired) electrons. The average molecular weight is 1830 g/mol. The Labute approximate surface area is 762 Å². The molecule has 0 aliphatic carbocycles. The highest BCUT2D eigenvalue weighted by molar-refractivity contribution is 6.01. The smallest absolute Gasteiger partial charge is 0.410 e. The van der Waals surface area contributed by atoms with Gasteiger partial charge >= 0.3 is 18.2 Å². The molecule has 2 aromatic carbocycles. The molecule has 1 aliphatic heterocycles. The molecule has 0 aromatic heterocycles. The Morgan fingerprint density at radius 3 is 1.69 bits per heavy atom. The number of hydrogen-bond donors (Lipinski definition) is 11. The number of benzene rings is 2. The zero-order valence-corrected chi connectivity index (χ0v) is 79.2. The minimum Gasteiger partial charge on any atom is -0.445 e. The summed E-state index contributed by atoms with van der Waals surface area (Å²) in [6.07, 6.45) is -1.50. The molecule has 3 rings (SSSR count). The molecule has 13 atom stereocenters. The van der Waals surface area contributed by atoms with Crippen LogP contribution < -0.4 is 53.6 Å². The van der Waals surface area contributed by atoms with Crippen LogP contribution in [0.4, 0.5) is 20.1 Å². The molecule has 1 aliphatic rings. The lowest BCUT2D eigenvalue weighted by Gasteiger charge is -2.41. The van der Waals surface area contributed by atoms with Gasteiger partial charge in [-0.15, -0.1) is 0 Å². The Kier molecular flexibility index (Phi) is 57.0. The number of alkyl carbamates (subject to hydrolysis) is 1. The van der Waals surface area contributed by atoms with Crippen molar-refractivity contribution >= 4 is 77.1 Å². The molecule has 1 saturated heterocycles. The minimum absolute atomic E-state index is 0.0157. The highest BCUT2D eigenvalue weighted by atomic mass is 16.6. The van der Waals surface area contributed by atoms with Crippen molar-refractivity contribution in [2.45, 2.75) is 200 Å². The van der Waals surface area contributed by atoms with Crippen LogP contribution in [0.1, 0.15) is 155 Å². The van der Waals surface area contributed by atoms with E-state index in [4.69, 9.17) is 62.6 Å². The number of amides is 13. The van der Waals surface area contributed by atoms with Gasteiger partial charge in [-0.2, -0.15) is 0 Å². The molecule has 0 saturated carbocycles. The predicted octanol–water partition coefficient (Wildman–Crippen LogP) is 4.21. The van der Waals surface area contributed by atoms with Crippen molar-refractivity contribution in [2.75, 3.05) is 193 Å². The number of methoxy groups -OCH3 is 3. The summed E-state index contributed by atoms with van der Waals surface area (Å²) in [7, 11) is 11.3. The summed E-state index contributed by atoms with van der Waals surface area (Å²) < 4.78 is 66.5. The number of rotatable bonds is 68. The lowest BCUT2D eigenvalue weighted by Crippen LogP contribution is -2.60. The van der Waals surface area contributed by atoms with Crippen molar-refractivity contribution in [1.82, 2.24) is 62.1 Å². The van der Waals surface area contributed by atoms with E-state index in [2.05, 4.69) is 54.4 Å². The highest BCUT2D eigenvalue weighted by Crippen LogP contribution is 2.31. The third kappa shape index (κ3) is 43.1. The van der Waals surface area contributed by atoms with Gasteiger partial charge in [0.25, 0.3) is 5.91 Å². The zero-order valence-electron chi connectivity index (χ0n) is 79.2. The van der Waals surface area contributed by atoms with Crippen LogP contribution in [-0.2, 0) is 102 Å². The van der Waals surface area contributed by atoms with Crippen LogP contribution in [0, 0.1) is 29.6 Å². The normalized spacial score (nSPS) is 15.5. The molecule has 39 nitrogen and oxygen atoms in total. The van der Waals surface area contributed by atoms with Crippen molar-refractivity contribution in [3.8, 4) is 0 Å². The molecule has 732 valence electrons. The quantitative estimate of drug-likeness (QED) is 0.0326. The second-order valence-electron chi connectivity index (χ2n) is 33.1. The third-order valence-corrected chi connectivity index (χ3v) is 21.8. The molecule has 13 amide bonds. The van der Waals surface area contributed by atoms with Gasteiger partial charge in [0.15, 0.2) is 0 Å². The Balaban J connectivity index is 1.75. The second-order valence-corrected chi connectivity index (χ2v) is 33.1. The van der Waals surface area contributed by atoms with E-state index in [1.165, 1.54) is 50.4 Å². The predicted molar refractivity (Wildman–Crippen MR) is 483 cm³/mol. The second kappa shape index (κ2) is 64.5. The third-order valence-electron chi connectivity index (χ3n) is 21.8. The van der Waals surface area contributed by atoms with Gasteiger partial charge in [0.05, 0.1) is 148 Å². The number of nitrogens with zero attached hydrogens (tertiary/aromatic N) is 4. The first-order valence-corrected chi connectivity index (χ1v) is 44.8. The van der Waals surface area contributed by atoms with Crippen molar-refractivity contribution in [1.29, 1.82) is 0 Å². The van der Waals surface area contributed by atoms with Crippen molar-refractivity contribution in [3.63, 3.8) is 0 Å². The number of ether oxygens (including phenoxy) is 12. The molecule has 12 N–H and O–H groups in total. The molecule has 1 heterocycles. The number of aliphatic hydroxyl groups excluding tert-OH is 1. The minimum atomic E-state index is -1.42. The highest BCUT2D eigenvalue weighted by Gasteiger charge is 2.45. The standard InChI is InChI=1S/C90H152N14O25/c1-19-40-128-89(116)98-70(33-34-73(105)92-37-41-121-44-45-123-48-49-125-52-53-127-55-54-126-51-50-124-47-46-122-43-42-118-16)84(111)99-75(59(3)4)85(112)97-69(29-24-35-94-88(91)115)83(110)96-67-32-31-66(68(56-67)82(109)93-36-26-38-101(12)13)58-129-90(117)103(15)77(61(7)8)86(113)100-76(60(5)6)87(114)102(14)78(62(9)20-2)72(119-17)57-74(106)104-39-25-30-71(104)80(120-18)63(10)81(108)95-64(11)79(107)65-27-22-21-23-28-65/h19,21-23,27-28,31-32,56,59-64,69-72,75-80,107H,1,20,24-26,29-30,33-55,57-58H2,2-18H3,(H,92,105)(H,93,109)(H,95,108)(H,96,110)(H,97,112)(H,98,116)(H,99,111)(H,100,113)(H3,91,94,115)/t62-,63+,64+,69-,70-,71-,72+,75-,76-,77-,78-,79+,80+/m0/s1. The number of anilines is 1. The van der Waals surface area contributed by atoms with Crippen molar-refractivity contribution < 1.29 is 119 Å². The Bertz CT molecular complexity index is 3660. The van der Waals surface area contributed by atoms with E-state index in [1.54, 1.807) is 98.7 Å². The van der Waals surface area contributed by atoms with E-state index in [0.29, 0.717) is 124 Å². The lowest BCUT2D eigenvalue weighted by atomic mass is 9.89. The molecular formula is C90H152N14O25. The summed E-state index contributed by atoms with van der Waals surface area (Å²) in [6, 6.07) is 4.11. The maximum Gasteiger partial charge on any atom is 0.410 e. The van der Waals surface area contributed by atoms with E-state index in [9.17, 15) is 57.8 Å². The van der Waals surface area contributed by atoms with Crippen LogP contribution in [-0.4, -0.2) is 345 Å². The van der Waals surface area contributed by atoms with Crippen molar-refractivity contribution in [3.05, 3.63) is 77.9 Å². The summed E-state index contributed by atoms with van der Waals surface area (Å²) in [5, 5.41) is 35.6. The number of likely N-dealkylation sites (tertiary alicyclic amines) is 1. The molecule has 0 unspecified atom stereocenters. The van der Waals surface area contributed by atoms with Gasteiger partial charge in [-0.25, -0.2) is 14.4 Å². The number of carbonyl (C=O) groups excluding carboxylic acids is 12. The van der Waals surface area contributed by atoms with Crippen LogP contribution in [0.3, 0.4) is 0 Å². The van der Waals surface area contributed by atoms with Crippen LogP contribution in [0.15, 0.2) is 61.2 Å². The maximum absolute atomic E-state index is 15.1. The number of primary amides is 1. The number of carbonyl (C=O) groups is 12. The number of aliphatic hydroxyl groups is 1. The number of urea groups is 1. The van der Waals surface area contributed by atoms with Crippen LogP contribution in [0.25, 0.3) is 0 Å². The van der Waals surface area contributed by atoms with Gasteiger partial charge in [0.2, 0.25) is 47.3 Å². The fraction of sp³-hybridized carbons (Fsp3) is 0.711. The van der Waals surface area contributed by atoms with Gasteiger partial charge < -0.3 is 130 Å². The Morgan fingerprint density at radius 2 is 1.16 bits per heavy atom. The van der Waals surface area contributed by atoms with Crippen LogP contribution in [0.5, 0.6) is 0 Å². The fourth-order valence-electron chi connectivity index (χ4n) is 14.5. The van der Waals surface area contributed by atoms with Crippen LogP contribution >= 0.6 is 0 Å². The zero-order chi connectivity index (χ0) is 95.9. The number of likely N-dealkylation sites (N-methyl/N-ethyl adjacent to an activating group) is 2. The summed E-state index contributed by atoms with van der Waals surface area (Å²) >= 11 is 0. The molecule has 39 heteroatoms. The molecule has 0 bridgehead atoms. The van der Waals surface area contributed by atoms with Gasteiger partial charge in [-0.1, -0.05) is 118 Å². The molecule has 0 spiro atoms. The van der Waals surface area contributed by atoms with E-state index in [-0.39, 0.29) is 113 Å². The van der Waals surface area contributed by atoms with Gasteiger partial charge in [-0.3, -0.25) is 48.1 Å². The largest absolute Gasteiger partial charge is 0.445 e. The monoisotopic (exact) mass is 1830 g/mol. The van der Waals surface area contributed by atoms with Crippen molar-refractivity contribution in [2.24, 2.45) is 35.3 Å². The number of nitrogens with two attached hydrogens (primary N) is 1. The Hall–Kier alpha value is -9.26. The van der Waals surface area contributed by atoms with E-state index >= 15 is 4.79 Å². The summed E-state index contributed by atoms with van der Waals surface area (Å²) in [5.41, 5.74) is 6.23. The first-order chi connectivity index (χ1) is 61.6. The fourth-order valence-corrected chi connectivity index (χ4v) is 14.5. The lowest BCUT2D eigenvalue weighted by molar-refractivity contribution is -0.148. The Morgan fingerprint density at radius 1 is 0.589 bits per heavy atom. The molecular weight excluding hydrogens is 1680 g/mol. The summed E-state index contributed by atoms with van der Waals surface area (Å²) in [5.74, 6) is -8.01.